The molecule has 3 nitrogen and oxygen atoms in total. The predicted octanol–water partition coefficient (Wildman–Crippen LogP) is 3.53. The molecule has 0 aliphatic rings. The molecule has 20 heavy (non-hydrogen) atoms. The number of aromatic nitrogens is 2. The third kappa shape index (κ3) is 2.43. The molecular weight excluding hydrogens is 267 g/mol. The minimum atomic E-state index is -4.50. The van der Waals surface area contributed by atoms with Crippen LogP contribution in [0.4, 0.5) is 13.2 Å². The highest BCUT2D eigenvalue weighted by molar-refractivity contribution is 5.46. The van der Waals surface area contributed by atoms with Gasteiger partial charge >= 0.3 is 6.18 Å². The normalized spacial score (nSPS) is 13.6. The van der Waals surface area contributed by atoms with Crippen molar-refractivity contribution in [3.05, 3.63) is 46.8 Å². The topological polar surface area (TPSA) is 43.8 Å². The summed E-state index contributed by atoms with van der Waals surface area (Å²) in [5.74, 6) is 0. The van der Waals surface area contributed by atoms with E-state index in [4.69, 9.17) is 5.73 Å². The van der Waals surface area contributed by atoms with Crippen LogP contribution >= 0.6 is 0 Å². The molecule has 1 aromatic carbocycles. The van der Waals surface area contributed by atoms with Gasteiger partial charge in [-0.1, -0.05) is 12.1 Å². The van der Waals surface area contributed by atoms with Crippen molar-refractivity contribution in [1.29, 1.82) is 0 Å². The third-order valence-electron chi connectivity index (χ3n) is 3.36. The van der Waals surface area contributed by atoms with Crippen LogP contribution in [0.2, 0.25) is 0 Å². The van der Waals surface area contributed by atoms with E-state index in [0.717, 1.165) is 15.8 Å². The highest BCUT2D eigenvalue weighted by Gasteiger charge is 2.39. The van der Waals surface area contributed by atoms with E-state index >= 15 is 0 Å². The van der Waals surface area contributed by atoms with Crippen LogP contribution in [-0.2, 0) is 6.18 Å². The molecule has 0 saturated heterocycles. The van der Waals surface area contributed by atoms with Gasteiger partial charge in [-0.2, -0.15) is 18.3 Å². The molecule has 1 heterocycles. The van der Waals surface area contributed by atoms with Crippen LogP contribution in [0.1, 0.15) is 35.3 Å². The summed E-state index contributed by atoms with van der Waals surface area (Å²) >= 11 is 0. The Morgan fingerprint density at radius 3 is 2.45 bits per heavy atom. The van der Waals surface area contributed by atoms with Crippen molar-refractivity contribution in [1.82, 2.24) is 9.78 Å². The van der Waals surface area contributed by atoms with E-state index in [1.807, 2.05) is 13.0 Å². The molecular formula is C14H16F3N3. The lowest BCUT2D eigenvalue weighted by Gasteiger charge is -2.16. The number of halogens is 3. The molecule has 6 heteroatoms. The van der Waals surface area contributed by atoms with Gasteiger partial charge < -0.3 is 5.73 Å². The van der Waals surface area contributed by atoms with E-state index in [1.165, 1.54) is 13.1 Å². The molecule has 2 rings (SSSR count). The fraction of sp³-hybridized carbons (Fsp3) is 0.357. The molecule has 0 radical (unpaired) electrons. The Balaban J connectivity index is 2.73. The highest BCUT2D eigenvalue weighted by atomic mass is 19.4. The monoisotopic (exact) mass is 283 g/mol. The van der Waals surface area contributed by atoms with E-state index in [0.29, 0.717) is 5.69 Å². The average molecular weight is 283 g/mol. The summed E-state index contributed by atoms with van der Waals surface area (Å²) in [5.41, 5.74) is 6.90. The van der Waals surface area contributed by atoms with Crippen molar-refractivity contribution in [2.75, 3.05) is 0 Å². The average Bonchev–Trinajstić information content (AvgIpc) is 2.77. The molecule has 108 valence electrons. The summed E-state index contributed by atoms with van der Waals surface area (Å²) in [7, 11) is 0. The Bertz CT molecular complexity index is 627. The lowest BCUT2D eigenvalue weighted by Crippen LogP contribution is -2.19. The van der Waals surface area contributed by atoms with E-state index in [2.05, 4.69) is 5.10 Å². The van der Waals surface area contributed by atoms with Crippen molar-refractivity contribution < 1.29 is 13.2 Å². The van der Waals surface area contributed by atoms with Gasteiger partial charge in [-0.3, -0.25) is 0 Å². The summed E-state index contributed by atoms with van der Waals surface area (Å²) < 4.78 is 40.8. The fourth-order valence-electron chi connectivity index (χ4n) is 2.13. The van der Waals surface area contributed by atoms with Crippen LogP contribution in [0.25, 0.3) is 5.69 Å². The van der Waals surface area contributed by atoms with E-state index in [1.54, 1.807) is 19.1 Å². The van der Waals surface area contributed by atoms with Crippen molar-refractivity contribution in [2.24, 2.45) is 5.73 Å². The van der Waals surface area contributed by atoms with Crippen molar-refractivity contribution >= 4 is 0 Å². The van der Waals surface area contributed by atoms with Crippen molar-refractivity contribution in [3.8, 4) is 5.69 Å². The first-order valence-corrected chi connectivity index (χ1v) is 6.20. The second-order valence-corrected chi connectivity index (χ2v) is 4.87. The molecule has 0 aliphatic carbocycles. The fourth-order valence-corrected chi connectivity index (χ4v) is 2.13. The maximum Gasteiger partial charge on any atom is 0.433 e. The number of hydrogen-bond acceptors (Lipinski definition) is 2. The summed E-state index contributed by atoms with van der Waals surface area (Å²) in [4.78, 5) is 0. The molecule has 0 aliphatic heterocycles. The van der Waals surface area contributed by atoms with Crippen LogP contribution in [0.15, 0.2) is 24.4 Å². The summed E-state index contributed by atoms with van der Waals surface area (Å²) in [5, 5.41) is 3.89. The minimum Gasteiger partial charge on any atom is -0.324 e. The quantitative estimate of drug-likeness (QED) is 0.916. The Labute approximate surface area is 115 Å². The first-order chi connectivity index (χ1) is 9.23. The molecule has 0 amide bonds. The van der Waals surface area contributed by atoms with E-state index in [-0.39, 0.29) is 5.56 Å². The maximum atomic E-state index is 13.3. The lowest BCUT2D eigenvalue weighted by molar-refractivity contribution is -0.143. The SMILES string of the molecule is Cc1cccc(-n2ncc(C(C)N)c2C(F)(F)F)c1C. The number of alkyl halides is 3. The first kappa shape index (κ1) is 14.6. The van der Waals surface area contributed by atoms with Gasteiger partial charge in [0.15, 0.2) is 5.69 Å². The molecule has 2 aromatic rings. The Kier molecular flexibility index (Phi) is 3.60. The van der Waals surface area contributed by atoms with Gasteiger partial charge in [0.05, 0.1) is 11.9 Å². The summed E-state index contributed by atoms with van der Waals surface area (Å²) in [6, 6.07) is 4.45. The number of benzene rings is 1. The lowest BCUT2D eigenvalue weighted by atomic mass is 10.1. The predicted molar refractivity (Wildman–Crippen MR) is 70.6 cm³/mol. The Morgan fingerprint density at radius 1 is 1.25 bits per heavy atom. The number of hydrogen-bond donors (Lipinski definition) is 1. The number of nitrogens with zero attached hydrogens (tertiary/aromatic N) is 2. The minimum absolute atomic E-state index is 0.00148. The zero-order valence-electron chi connectivity index (χ0n) is 11.5. The number of aryl methyl sites for hydroxylation is 1. The van der Waals surface area contributed by atoms with Crippen LogP contribution in [0, 0.1) is 13.8 Å². The van der Waals surface area contributed by atoms with Crippen LogP contribution in [-0.4, -0.2) is 9.78 Å². The van der Waals surface area contributed by atoms with Gasteiger partial charge in [0, 0.05) is 11.6 Å². The zero-order valence-corrected chi connectivity index (χ0v) is 11.5. The largest absolute Gasteiger partial charge is 0.433 e. The molecule has 1 unspecified atom stereocenters. The number of nitrogens with two attached hydrogens (primary N) is 1. The first-order valence-electron chi connectivity index (χ1n) is 6.20. The Morgan fingerprint density at radius 2 is 1.90 bits per heavy atom. The number of rotatable bonds is 2. The smallest absolute Gasteiger partial charge is 0.324 e. The van der Waals surface area contributed by atoms with Gasteiger partial charge in [-0.05, 0) is 38.0 Å². The molecule has 1 atom stereocenters. The van der Waals surface area contributed by atoms with Gasteiger partial charge in [0.25, 0.3) is 0 Å². The Hall–Kier alpha value is -1.82. The van der Waals surface area contributed by atoms with Crippen LogP contribution in [0.5, 0.6) is 0 Å². The summed E-state index contributed by atoms with van der Waals surface area (Å²) in [6.45, 7) is 5.14. The molecule has 2 N–H and O–H groups in total. The molecule has 0 bridgehead atoms. The van der Waals surface area contributed by atoms with E-state index < -0.39 is 17.9 Å². The van der Waals surface area contributed by atoms with E-state index in [9.17, 15) is 13.2 Å². The molecule has 0 fully saturated rings. The second kappa shape index (κ2) is 4.94. The van der Waals surface area contributed by atoms with Crippen molar-refractivity contribution in [3.63, 3.8) is 0 Å². The van der Waals surface area contributed by atoms with Crippen LogP contribution < -0.4 is 5.73 Å². The molecule has 0 saturated carbocycles. The maximum absolute atomic E-state index is 13.3. The van der Waals surface area contributed by atoms with Crippen LogP contribution in [0.3, 0.4) is 0 Å². The summed E-state index contributed by atoms with van der Waals surface area (Å²) in [6.07, 6.45) is -3.31. The van der Waals surface area contributed by atoms with Gasteiger partial charge in [0.2, 0.25) is 0 Å². The zero-order chi connectivity index (χ0) is 15.1. The standard InChI is InChI=1S/C14H16F3N3/c1-8-5-4-6-12(9(8)2)20-13(14(15,16)17)11(7-19-20)10(3)18/h4-7,10H,18H2,1-3H3. The van der Waals surface area contributed by atoms with Gasteiger partial charge in [-0.15, -0.1) is 0 Å². The van der Waals surface area contributed by atoms with Gasteiger partial charge in [0.1, 0.15) is 0 Å². The van der Waals surface area contributed by atoms with Gasteiger partial charge in [-0.25, -0.2) is 4.68 Å². The molecule has 1 aromatic heterocycles. The molecule has 0 spiro atoms. The second-order valence-electron chi connectivity index (χ2n) is 4.87. The third-order valence-corrected chi connectivity index (χ3v) is 3.36. The highest BCUT2D eigenvalue weighted by Crippen LogP contribution is 2.36. The van der Waals surface area contributed by atoms with Crippen molar-refractivity contribution in [2.45, 2.75) is 33.0 Å².